The van der Waals surface area contributed by atoms with E-state index in [1.807, 2.05) is 18.2 Å². The van der Waals surface area contributed by atoms with Crippen LogP contribution in [0.1, 0.15) is 40.4 Å². The molecule has 0 fully saturated rings. The molecule has 2 aromatic carbocycles. The van der Waals surface area contributed by atoms with Crippen LogP contribution >= 0.6 is 0 Å². The summed E-state index contributed by atoms with van der Waals surface area (Å²) in [7, 11) is 0. The lowest BCUT2D eigenvalue weighted by atomic mass is 10.1. The monoisotopic (exact) mass is 368 g/mol. The van der Waals surface area contributed by atoms with Gasteiger partial charge in [-0.1, -0.05) is 12.1 Å². The van der Waals surface area contributed by atoms with Crippen molar-refractivity contribution in [1.29, 1.82) is 0 Å². The Balaban J connectivity index is 1.65. The number of anilines is 1. The number of carbonyl (C=O) groups excluding carboxylic acids is 2. The van der Waals surface area contributed by atoms with Gasteiger partial charge in [-0.2, -0.15) is 0 Å². The van der Waals surface area contributed by atoms with E-state index in [9.17, 15) is 19.7 Å². The van der Waals surface area contributed by atoms with Gasteiger partial charge in [0.05, 0.1) is 10.5 Å². The average Bonchev–Trinajstić information content (AvgIpc) is 3.09. The molecule has 0 saturated carbocycles. The molecule has 0 bridgehead atoms. The number of nitrogens with one attached hydrogen (secondary N) is 1. The molecule has 140 valence electrons. The molecule has 0 unspecified atom stereocenters. The quantitative estimate of drug-likeness (QED) is 0.494. The van der Waals surface area contributed by atoms with Crippen LogP contribution in [0.4, 0.5) is 11.4 Å². The van der Waals surface area contributed by atoms with E-state index in [0.29, 0.717) is 11.3 Å². The number of ether oxygens (including phenoxy) is 1. The molecule has 7 heteroatoms. The van der Waals surface area contributed by atoms with Crippen LogP contribution in [-0.2, 0) is 22.4 Å². The van der Waals surface area contributed by atoms with E-state index in [1.165, 1.54) is 30.2 Å². The van der Waals surface area contributed by atoms with Crippen LogP contribution in [0, 0.1) is 17.0 Å². The van der Waals surface area contributed by atoms with Crippen molar-refractivity contribution in [3.8, 4) is 0 Å². The Morgan fingerprint density at radius 2 is 1.89 bits per heavy atom. The molecule has 1 amide bonds. The van der Waals surface area contributed by atoms with E-state index < -0.39 is 22.9 Å². The van der Waals surface area contributed by atoms with Crippen molar-refractivity contribution in [1.82, 2.24) is 0 Å². The van der Waals surface area contributed by atoms with Gasteiger partial charge in [-0.15, -0.1) is 0 Å². The van der Waals surface area contributed by atoms with Crippen LogP contribution in [0.2, 0.25) is 0 Å². The molecule has 7 nitrogen and oxygen atoms in total. The van der Waals surface area contributed by atoms with Crippen molar-refractivity contribution in [3.63, 3.8) is 0 Å². The maximum Gasteiger partial charge on any atom is 0.339 e. The van der Waals surface area contributed by atoms with Gasteiger partial charge in [0.2, 0.25) is 0 Å². The first-order chi connectivity index (χ1) is 12.8. The minimum Gasteiger partial charge on any atom is -0.449 e. The van der Waals surface area contributed by atoms with Crippen LogP contribution in [0.15, 0.2) is 36.4 Å². The summed E-state index contributed by atoms with van der Waals surface area (Å²) in [4.78, 5) is 35.0. The Morgan fingerprint density at radius 3 is 2.63 bits per heavy atom. The average molecular weight is 368 g/mol. The predicted octanol–water partition coefficient (Wildman–Crippen LogP) is 3.58. The zero-order chi connectivity index (χ0) is 19.6. The van der Waals surface area contributed by atoms with Gasteiger partial charge in [-0.05, 0) is 62.4 Å². The second kappa shape index (κ2) is 7.57. The largest absolute Gasteiger partial charge is 0.449 e. The smallest absolute Gasteiger partial charge is 0.339 e. The number of nitro groups is 1. The number of hydrogen-bond acceptors (Lipinski definition) is 5. The van der Waals surface area contributed by atoms with Gasteiger partial charge in [0.1, 0.15) is 0 Å². The number of rotatable bonds is 5. The highest BCUT2D eigenvalue weighted by atomic mass is 16.6. The molecule has 0 aliphatic heterocycles. The second-order valence-electron chi connectivity index (χ2n) is 6.63. The fourth-order valence-electron chi connectivity index (χ4n) is 3.11. The van der Waals surface area contributed by atoms with Crippen LogP contribution in [0.5, 0.6) is 0 Å². The molecular weight excluding hydrogens is 348 g/mol. The first kappa shape index (κ1) is 18.6. The third-order valence-electron chi connectivity index (χ3n) is 4.66. The molecule has 0 spiro atoms. The minimum atomic E-state index is -1.04. The Labute approximate surface area is 156 Å². The van der Waals surface area contributed by atoms with Gasteiger partial charge in [0.15, 0.2) is 6.10 Å². The Bertz CT molecular complexity index is 923. The zero-order valence-electron chi connectivity index (χ0n) is 15.2. The third-order valence-corrected chi connectivity index (χ3v) is 4.66. The fraction of sp³-hybridized carbons (Fsp3) is 0.300. The van der Waals surface area contributed by atoms with E-state index in [1.54, 1.807) is 6.92 Å². The Morgan fingerprint density at radius 1 is 1.15 bits per heavy atom. The third kappa shape index (κ3) is 4.13. The SMILES string of the molecule is Cc1ccc(C(=O)O[C@H](C)C(=O)Nc2ccc3c(c2)CCC3)cc1[N+](=O)[O-]. The zero-order valence-corrected chi connectivity index (χ0v) is 15.2. The molecule has 1 aliphatic rings. The van der Waals surface area contributed by atoms with Gasteiger partial charge in [0, 0.05) is 17.3 Å². The molecule has 1 N–H and O–H groups in total. The number of nitrogens with zero attached hydrogens (tertiary/aromatic N) is 1. The summed E-state index contributed by atoms with van der Waals surface area (Å²) in [5.41, 5.74) is 3.50. The van der Waals surface area contributed by atoms with Gasteiger partial charge < -0.3 is 10.1 Å². The lowest BCUT2D eigenvalue weighted by Crippen LogP contribution is -2.30. The van der Waals surface area contributed by atoms with Crippen molar-refractivity contribution >= 4 is 23.3 Å². The number of nitro benzene ring substituents is 1. The standard InChI is InChI=1S/C20H20N2O5/c1-12-6-7-16(11-18(12)22(25)26)20(24)27-13(2)19(23)21-17-9-8-14-4-3-5-15(14)10-17/h6-11,13H,3-5H2,1-2H3,(H,21,23)/t13-/m1/s1. The van der Waals surface area contributed by atoms with Crippen LogP contribution < -0.4 is 5.32 Å². The van der Waals surface area contributed by atoms with Gasteiger partial charge in [0.25, 0.3) is 11.6 Å². The number of carbonyl (C=O) groups is 2. The predicted molar refractivity (Wildman–Crippen MR) is 99.8 cm³/mol. The molecule has 1 aliphatic carbocycles. The van der Waals surface area contributed by atoms with Crippen molar-refractivity contribution in [3.05, 3.63) is 68.8 Å². The Hall–Kier alpha value is -3.22. The maximum atomic E-state index is 12.3. The highest BCUT2D eigenvalue weighted by Crippen LogP contribution is 2.25. The first-order valence-corrected chi connectivity index (χ1v) is 8.74. The molecule has 2 aromatic rings. The van der Waals surface area contributed by atoms with Gasteiger partial charge in [-0.25, -0.2) is 4.79 Å². The summed E-state index contributed by atoms with van der Waals surface area (Å²) in [6.07, 6.45) is 2.13. The fourth-order valence-corrected chi connectivity index (χ4v) is 3.11. The summed E-state index contributed by atoms with van der Waals surface area (Å²) >= 11 is 0. The van der Waals surface area contributed by atoms with E-state index in [0.717, 1.165) is 25.3 Å². The number of hydrogen-bond donors (Lipinski definition) is 1. The topological polar surface area (TPSA) is 98.5 Å². The van der Waals surface area contributed by atoms with Gasteiger partial charge in [-0.3, -0.25) is 14.9 Å². The normalized spacial score (nSPS) is 13.6. The maximum absolute atomic E-state index is 12.3. The second-order valence-corrected chi connectivity index (χ2v) is 6.63. The number of fused-ring (bicyclic) bond motifs is 1. The van der Waals surface area contributed by atoms with Crippen molar-refractivity contribution < 1.29 is 19.2 Å². The highest BCUT2D eigenvalue weighted by molar-refractivity contribution is 5.97. The number of aryl methyl sites for hydroxylation is 3. The van der Waals surface area contributed by atoms with Crippen LogP contribution in [0.3, 0.4) is 0 Å². The molecule has 27 heavy (non-hydrogen) atoms. The lowest BCUT2D eigenvalue weighted by Gasteiger charge is -2.14. The van der Waals surface area contributed by atoms with Crippen molar-refractivity contribution in [2.75, 3.05) is 5.32 Å². The molecule has 0 radical (unpaired) electrons. The summed E-state index contributed by atoms with van der Waals surface area (Å²) < 4.78 is 5.16. The molecule has 3 rings (SSSR count). The first-order valence-electron chi connectivity index (χ1n) is 8.74. The molecule has 0 aromatic heterocycles. The van der Waals surface area contributed by atoms with Crippen molar-refractivity contribution in [2.45, 2.75) is 39.2 Å². The molecular formula is C20H20N2O5. The minimum absolute atomic E-state index is 0.0319. The molecule has 0 saturated heterocycles. The van der Waals surface area contributed by atoms with E-state index in [2.05, 4.69) is 5.32 Å². The Kier molecular flexibility index (Phi) is 5.21. The summed E-state index contributed by atoms with van der Waals surface area (Å²) in [6, 6.07) is 9.85. The summed E-state index contributed by atoms with van der Waals surface area (Å²) in [5, 5.41) is 13.7. The molecule has 0 heterocycles. The van der Waals surface area contributed by atoms with E-state index in [4.69, 9.17) is 4.74 Å². The van der Waals surface area contributed by atoms with E-state index in [-0.39, 0.29) is 11.3 Å². The lowest BCUT2D eigenvalue weighted by molar-refractivity contribution is -0.385. The summed E-state index contributed by atoms with van der Waals surface area (Å²) in [5.74, 6) is -1.24. The summed E-state index contributed by atoms with van der Waals surface area (Å²) in [6.45, 7) is 3.04. The van der Waals surface area contributed by atoms with Crippen LogP contribution in [-0.4, -0.2) is 22.9 Å². The highest BCUT2D eigenvalue weighted by Gasteiger charge is 2.22. The molecule has 1 atom stereocenters. The van der Waals surface area contributed by atoms with Crippen molar-refractivity contribution in [2.24, 2.45) is 0 Å². The van der Waals surface area contributed by atoms with Gasteiger partial charge >= 0.3 is 5.97 Å². The van der Waals surface area contributed by atoms with Crippen LogP contribution in [0.25, 0.3) is 0 Å². The van der Waals surface area contributed by atoms with E-state index >= 15 is 0 Å². The number of benzene rings is 2. The number of amides is 1. The number of esters is 1.